The Morgan fingerprint density at radius 2 is 1.64 bits per heavy atom. The molecule has 0 spiro atoms. The maximum Gasteiger partial charge on any atom is 0.416 e. The van der Waals surface area contributed by atoms with Gasteiger partial charge in [0.1, 0.15) is 6.04 Å². The van der Waals surface area contributed by atoms with E-state index in [-0.39, 0.29) is 12.5 Å². The van der Waals surface area contributed by atoms with Crippen LogP contribution in [0, 0.1) is 0 Å². The predicted octanol–water partition coefficient (Wildman–Crippen LogP) is 6.16. The van der Waals surface area contributed by atoms with Crippen molar-refractivity contribution in [2.75, 3.05) is 26.2 Å². The summed E-state index contributed by atoms with van der Waals surface area (Å²) in [6.07, 6.45) is 1.97. The molecule has 1 saturated heterocycles. The average molecular weight is 619 g/mol. The molecule has 0 N–H and O–H groups in total. The zero-order valence-corrected chi connectivity index (χ0v) is 24.9. The normalized spacial score (nSPS) is 14.9. The number of carbonyl (C=O) groups excluding carboxylic acids is 2. The summed E-state index contributed by atoms with van der Waals surface area (Å²) in [5.74, 6) is -0.552. The van der Waals surface area contributed by atoms with Gasteiger partial charge in [-0.25, -0.2) is 0 Å². The van der Waals surface area contributed by atoms with E-state index in [1.54, 1.807) is 34.7 Å². The Labute approximate surface area is 259 Å². The Morgan fingerprint density at radius 3 is 2.27 bits per heavy atom. The third-order valence-electron chi connectivity index (χ3n) is 7.59. The van der Waals surface area contributed by atoms with E-state index in [2.05, 4.69) is 21.3 Å². The minimum Gasteiger partial charge on any atom is -0.338 e. The lowest BCUT2D eigenvalue weighted by Gasteiger charge is -2.39. The number of rotatable bonds is 10. The van der Waals surface area contributed by atoms with Crippen LogP contribution >= 0.6 is 11.3 Å². The van der Waals surface area contributed by atoms with Gasteiger partial charge in [-0.2, -0.15) is 13.2 Å². The summed E-state index contributed by atoms with van der Waals surface area (Å²) in [5.41, 5.74) is 1.36. The lowest BCUT2D eigenvalue weighted by molar-refractivity contribution is -0.145. The number of thiophene rings is 1. The molecule has 228 valence electrons. The molecule has 1 unspecified atom stereocenters. The number of piperazine rings is 1. The molecule has 44 heavy (non-hydrogen) atoms. The van der Waals surface area contributed by atoms with Crippen LogP contribution in [-0.2, 0) is 35.3 Å². The first-order chi connectivity index (χ1) is 21.3. The topological polar surface area (TPSA) is 56.8 Å². The average Bonchev–Trinajstić information content (AvgIpc) is 3.55. The summed E-state index contributed by atoms with van der Waals surface area (Å²) in [7, 11) is 0. The van der Waals surface area contributed by atoms with Crippen molar-refractivity contribution in [3.63, 3.8) is 0 Å². The first-order valence-corrected chi connectivity index (χ1v) is 15.3. The lowest BCUT2D eigenvalue weighted by Crippen LogP contribution is -2.56. The maximum atomic E-state index is 14.2. The van der Waals surface area contributed by atoms with Gasteiger partial charge in [-0.1, -0.05) is 54.6 Å². The van der Waals surface area contributed by atoms with Crippen LogP contribution in [0.2, 0.25) is 0 Å². The second-order valence-electron chi connectivity index (χ2n) is 10.7. The Morgan fingerprint density at radius 1 is 0.909 bits per heavy atom. The molecule has 6 nitrogen and oxygen atoms in total. The van der Waals surface area contributed by atoms with E-state index in [1.807, 2.05) is 47.4 Å². The molecule has 10 heteroatoms. The Kier molecular flexibility index (Phi) is 10.2. The number of hydrogen-bond donors (Lipinski definition) is 0. The van der Waals surface area contributed by atoms with Gasteiger partial charge in [0.25, 0.3) is 0 Å². The van der Waals surface area contributed by atoms with Gasteiger partial charge >= 0.3 is 6.18 Å². The van der Waals surface area contributed by atoms with Gasteiger partial charge in [-0.15, -0.1) is 11.3 Å². The molecule has 1 aliphatic rings. The molecule has 2 aromatic carbocycles. The molecule has 1 aliphatic heterocycles. The highest BCUT2D eigenvalue weighted by Crippen LogP contribution is 2.29. The van der Waals surface area contributed by atoms with Crippen LogP contribution in [-0.4, -0.2) is 63.7 Å². The molecule has 1 atom stereocenters. The lowest BCUT2D eigenvalue weighted by atomic mass is 10.0. The number of halogens is 3. The standard InChI is InChI=1S/C34H33F3N4O2S/c35-34(36,37)29-13-10-26(11-14-29)12-15-32(42)41(24-28-8-4-16-38-23-28)31(22-27-6-2-1-3-7-27)33(43)40-19-17-39(18-20-40)25-30-9-5-21-44-30/h1-16,21,23,31H,17-20,22,24-25H2. The molecular weight excluding hydrogens is 585 g/mol. The third-order valence-corrected chi connectivity index (χ3v) is 8.45. The zero-order valence-electron chi connectivity index (χ0n) is 24.1. The van der Waals surface area contributed by atoms with Crippen molar-refractivity contribution in [2.24, 2.45) is 0 Å². The number of amides is 2. The molecule has 3 heterocycles. The molecule has 0 radical (unpaired) electrons. The van der Waals surface area contributed by atoms with Crippen LogP contribution in [0.25, 0.3) is 6.08 Å². The van der Waals surface area contributed by atoms with E-state index < -0.39 is 23.7 Å². The molecule has 1 fully saturated rings. The summed E-state index contributed by atoms with van der Waals surface area (Å²) in [4.78, 5) is 39.3. The van der Waals surface area contributed by atoms with Gasteiger partial charge < -0.3 is 9.80 Å². The van der Waals surface area contributed by atoms with Crippen molar-refractivity contribution in [3.8, 4) is 0 Å². The van der Waals surface area contributed by atoms with Gasteiger partial charge in [-0.3, -0.25) is 19.5 Å². The Balaban J connectivity index is 1.39. The number of benzene rings is 2. The number of hydrogen-bond acceptors (Lipinski definition) is 5. The summed E-state index contributed by atoms with van der Waals surface area (Å²) >= 11 is 1.71. The zero-order chi connectivity index (χ0) is 30.9. The molecule has 0 aliphatic carbocycles. The van der Waals surface area contributed by atoms with Crippen LogP contribution in [0.4, 0.5) is 13.2 Å². The number of carbonyl (C=O) groups is 2. The van der Waals surface area contributed by atoms with Gasteiger partial charge in [0, 0.05) is 69.0 Å². The van der Waals surface area contributed by atoms with Crippen LogP contribution in [0.5, 0.6) is 0 Å². The van der Waals surface area contributed by atoms with E-state index in [9.17, 15) is 22.8 Å². The number of alkyl halides is 3. The van der Waals surface area contributed by atoms with Gasteiger partial charge in [-0.05, 0) is 52.4 Å². The highest BCUT2D eigenvalue weighted by Gasteiger charge is 2.34. The fourth-order valence-corrected chi connectivity index (χ4v) is 5.95. The fraction of sp³-hybridized carbons (Fsp3) is 0.265. The van der Waals surface area contributed by atoms with Gasteiger partial charge in [0.2, 0.25) is 11.8 Å². The van der Waals surface area contributed by atoms with E-state index in [1.165, 1.54) is 29.2 Å². The second-order valence-corrected chi connectivity index (χ2v) is 11.7. The summed E-state index contributed by atoms with van der Waals surface area (Å²) in [5, 5.41) is 2.06. The number of aromatic nitrogens is 1. The molecule has 5 rings (SSSR count). The minimum absolute atomic E-state index is 0.134. The Bertz CT molecular complexity index is 1520. The third kappa shape index (κ3) is 8.42. The van der Waals surface area contributed by atoms with E-state index >= 15 is 0 Å². The van der Waals surface area contributed by atoms with Crippen molar-refractivity contribution in [1.29, 1.82) is 0 Å². The Hall–Kier alpha value is -4.28. The van der Waals surface area contributed by atoms with Crippen molar-refractivity contribution in [3.05, 3.63) is 130 Å². The predicted molar refractivity (Wildman–Crippen MR) is 165 cm³/mol. The van der Waals surface area contributed by atoms with Gasteiger partial charge in [0.15, 0.2) is 0 Å². The monoisotopic (exact) mass is 618 g/mol. The minimum atomic E-state index is -4.45. The summed E-state index contributed by atoms with van der Waals surface area (Å²) in [6.45, 7) is 3.54. The second kappa shape index (κ2) is 14.5. The molecule has 0 saturated carbocycles. The molecule has 0 bridgehead atoms. The van der Waals surface area contributed by atoms with E-state index in [4.69, 9.17) is 0 Å². The fourth-order valence-electron chi connectivity index (χ4n) is 5.20. The number of nitrogens with zero attached hydrogens (tertiary/aromatic N) is 4. The molecule has 2 amide bonds. The van der Waals surface area contributed by atoms with Crippen molar-refractivity contribution in [2.45, 2.75) is 31.7 Å². The summed E-state index contributed by atoms with van der Waals surface area (Å²) in [6, 6.07) is 21.1. The van der Waals surface area contributed by atoms with Crippen molar-refractivity contribution < 1.29 is 22.8 Å². The van der Waals surface area contributed by atoms with E-state index in [0.29, 0.717) is 25.1 Å². The first kappa shape index (κ1) is 31.2. The molecule has 2 aromatic heterocycles. The largest absolute Gasteiger partial charge is 0.416 e. The number of pyridine rings is 1. The van der Waals surface area contributed by atoms with E-state index in [0.717, 1.165) is 42.9 Å². The van der Waals surface area contributed by atoms with Crippen LogP contribution in [0.3, 0.4) is 0 Å². The van der Waals surface area contributed by atoms with Crippen LogP contribution < -0.4 is 0 Å². The SMILES string of the molecule is O=C(C(Cc1ccccc1)N(Cc1cccnc1)C(=O)C=Cc1ccc(C(F)(F)F)cc1)N1CCN(Cc2cccs2)CC1. The molecule has 4 aromatic rings. The summed E-state index contributed by atoms with van der Waals surface area (Å²) < 4.78 is 39.1. The van der Waals surface area contributed by atoms with Crippen molar-refractivity contribution >= 4 is 29.2 Å². The first-order valence-electron chi connectivity index (χ1n) is 14.4. The smallest absolute Gasteiger partial charge is 0.338 e. The molecular formula is C34H33F3N4O2S. The van der Waals surface area contributed by atoms with Gasteiger partial charge in [0.05, 0.1) is 5.56 Å². The highest BCUT2D eigenvalue weighted by molar-refractivity contribution is 7.09. The van der Waals surface area contributed by atoms with Crippen LogP contribution in [0.15, 0.2) is 103 Å². The highest BCUT2D eigenvalue weighted by atomic mass is 32.1. The van der Waals surface area contributed by atoms with Crippen molar-refractivity contribution in [1.82, 2.24) is 19.7 Å². The van der Waals surface area contributed by atoms with Crippen LogP contribution in [0.1, 0.15) is 27.1 Å². The quantitative estimate of drug-likeness (QED) is 0.200. The maximum absolute atomic E-state index is 14.2.